The van der Waals surface area contributed by atoms with Crippen molar-refractivity contribution in [2.75, 3.05) is 19.7 Å². The van der Waals surface area contributed by atoms with Crippen LogP contribution in [-0.2, 0) is 4.74 Å². The van der Waals surface area contributed by atoms with Gasteiger partial charge >= 0.3 is 6.09 Å². The lowest BCUT2D eigenvalue weighted by molar-refractivity contribution is 0.0630. The summed E-state index contributed by atoms with van der Waals surface area (Å²) in [6, 6.07) is 15.3. The number of carbonyl (C=O) groups excluding carboxylic acids is 2. The number of hydrogen-bond donors (Lipinski definition) is 0. The molecule has 2 amide bonds. The van der Waals surface area contributed by atoms with Gasteiger partial charge in [-0.05, 0) is 46.5 Å². The summed E-state index contributed by atoms with van der Waals surface area (Å²) < 4.78 is 5.98. The first-order valence-corrected chi connectivity index (χ1v) is 9.84. The van der Waals surface area contributed by atoms with Crippen LogP contribution in [0.2, 0.25) is 0 Å². The molecule has 2 aromatic rings. The van der Waals surface area contributed by atoms with Gasteiger partial charge in [0.15, 0.2) is 0 Å². The maximum atomic E-state index is 12.7. The second-order valence-corrected chi connectivity index (χ2v) is 7.59. The highest BCUT2D eigenvalue weighted by Gasteiger charge is 2.40. The van der Waals surface area contributed by atoms with Crippen molar-refractivity contribution in [3.05, 3.63) is 64.4 Å². The van der Waals surface area contributed by atoms with Gasteiger partial charge in [0, 0.05) is 19.1 Å². The maximum absolute atomic E-state index is 12.7. The fraction of sp³-hybridized carbons (Fsp3) is 0.350. The summed E-state index contributed by atoms with van der Waals surface area (Å²) >= 11 is 3.30. The van der Waals surface area contributed by atoms with Crippen LogP contribution < -0.4 is 0 Å². The number of ether oxygens (including phenoxy) is 1. The molecule has 0 bridgehead atoms. The highest BCUT2D eigenvalue weighted by molar-refractivity contribution is 9.10. The van der Waals surface area contributed by atoms with Crippen LogP contribution in [0.15, 0.2) is 53.1 Å². The zero-order valence-electron chi connectivity index (χ0n) is 14.8. The molecule has 3 heterocycles. The van der Waals surface area contributed by atoms with E-state index in [1.54, 1.807) is 12.1 Å². The predicted molar refractivity (Wildman–Crippen MR) is 103 cm³/mol. The average molecular weight is 430 g/mol. The standard InChI is InChI=1S/C20H20BrN3O3/c21-18-8-4-7-16(22-18)19(25)23-11-9-15(10-12-23)24-17(13-27-20(24)26)14-5-2-1-3-6-14/h1-8,15,17H,9-13H2. The number of benzene rings is 1. The molecule has 2 aliphatic rings. The van der Waals surface area contributed by atoms with E-state index in [4.69, 9.17) is 4.74 Å². The minimum atomic E-state index is -0.262. The summed E-state index contributed by atoms with van der Waals surface area (Å²) in [5.74, 6) is -0.0710. The largest absolute Gasteiger partial charge is 0.447 e. The number of rotatable bonds is 3. The average Bonchev–Trinajstić information content (AvgIpc) is 3.10. The third kappa shape index (κ3) is 3.69. The second kappa shape index (κ2) is 7.68. The van der Waals surface area contributed by atoms with E-state index < -0.39 is 0 Å². The van der Waals surface area contributed by atoms with Crippen LogP contribution in [0.5, 0.6) is 0 Å². The minimum absolute atomic E-state index is 0.0577. The SMILES string of the molecule is O=C(c1cccc(Br)n1)N1CCC(N2C(=O)OCC2c2ccccc2)CC1. The monoisotopic (exact) mass is 429 g/mol. The molecule has 1 aromatic heterocycles. The molecule has 0 N–H and O–H groups in total. The van der Waals surface area contributed by atoms with Crippen molar-refractivity contribution in [2.24, 2.45) is 0 Å². The summed E-state index contributed by atoms with van der Waals surface area (Å²) in [4.78, 5) is 32.9. The molecule has 2 saturated heterocycles. The lowest BCUT2D eigenvalue weighted by Gasteiger charge is -2.37. The van der Waals surface area contributed by atoms with Gasteiger partial charge in [-0.15, -0.1) is 0 Å². The fourth-order valence-electron chi connectivity index (χ4n) is 3.80. The van der Waals surface area contributed by atoms with Crippen LogP contribution in [0.3, 0.4) is 0 Å². The predicted octanol–water partition coefficient (Wildman–Crippen LogP) is 3.64. The molecule has 0 spiro atoms. The third-order valence-corrected chi connectivity index (χ3v) is 5.62. The van der Waals surface area contributed by atoms with Crippen LogP contribution in [0.1, 0.15) is 34.9 Å². The van der Waals surface area contributed by atoms with Crippen molar-refractivity contribution in [1.29, 1.82) is 0 Å². The Morgan fingerprint density at radius 2 is 1.81 bits per heavy atom. The van der Waals surface area contributed by atoms with Crippen molar-refractivity contribution in [1.82, 2.24) is 14.8 Å². The van der Waals surface area contributed by atoms with Gasteiger partial charge in [0.1, 0.15) is 16.9 Å². The molecule has 0 aliphatic carbocycles. The van der Waals surface area contributed by atoms with Gasteiger partial charge in [0.05, 0.1) is 6.04 Å². The zero-order valence-corrected chi connectivity index (χ0v) is 16.3. The third-order valence-electron chi connectivity index (χ3n) is 5.17. The molecule has 1 unspecified atom stereocenters. The lowest BCUT2D eigenvalue weighted by atomic mass is 9.99. The van der Waals surface area contributed by atoms with E-state index in [2.05, 4.69) is 20.9 Å². The molecule has 6 nitrogen and oxygen atoms in total. The van der Waals surface area contributed by atoms with Crippen LogP contribution in [-0.4, -0.2) is 52.5 Å². The van der Waals surface area contributed by atoms with Crippen molar-refractivity contribution < 1.29 is 14.3 Å². The highest BCUT2D eigenvalue weighted by atomic mass is 79.9. The Balaban J connectivity index is 1.44. The molecule has 140 valence electrons. The van der Waals surface area contributed by atoms with Gasteiger partial charge in [-0.25, -0.2) is 9.78 Å². The number of pyridine rings is 1. The molecule has 4 rings (SSSR count). The lowest BCUT2D eigenvalue weighted by Crippen LogP contribution is -2.47. The van der Waals surface area contributed by atoms with Gasteiger partial charge in [-0.1, -0.05) is 36.4 Å². The number of amides is 2. The molecule has 0 saturated carbocycles. The number of cyclic esters (lactones) is 1. The van der Waals surface area contributed by atoms with Crippen molar-refractivity contribution in [2.45, 2.75) is 24.9 Å². The molecule has 1 aromatic carbocycles. The van der Waals surface area contributed by atoms with Crippen LogP contribution in [0.4, 0.5) is 4.79 Å². The fourth-order valence-corrected chi connectivity index (χ4v) is 4.15. The number of carbonyl (C=O) groups is 2. The summed E-state index contributed by atoms with van der Waals surface area (Å²) in [5.41, 5.74) is 1.52. The second-order valence-electron chi connectivity index (χ2n) is 6.78. The van der Waals surface area contributed by atoms with Crippen molar-refractivity contribution >= 4 is 27.9 Å². The van der Waals surface area contributed by atoms with Gasteiger partial charge in [-0.3, -0.25) is 9.69 Å². The van der Waals surface area contributed by atoms with Crippen molar-refractivity contribution in [3.63, 3.8) is 0 Å². The molecule has 2 fully saturated rings. The van der Waals surface area contributed by atoms with Gasteiger partial charge in [0.2, 0.25) is 0 Å². The van der Waals surface area contributed by atoms with Crippen molar-refractivity contribution in [3.8, 4) is 0 Å². The van der Waals surface area contributed by atoms with Crippen LogP contribution in [0, 0.1) is 0 Å². The molecule has 7 heteroatoms. The zero-order chi connectivity index (χ0) is 18.8. The Kier molecular flexibility index (Phi) is 5.11. The highest BCUT2D eigenvalue weighted by Crippen LogP contribution is 2.33. The molecular weight excluding hydrogens is 410 g/mol. The van der Waals surface area contributed by atoms with Gasteiger partial charge in [0.25, 0.3) is 5.91 Å². The first kappa shape index (κ1) is 18.0. The molecule has 0 radical (unpaired) electrons. The molecule has 2 aliphatic heterocycles. The Morgan fingerprint density at radius 3 is 2.52 bits per heavy atom. The van der Waals surface area contributed by atoms with Gasteiger partial charge in [-0.2, -0.15) is 0 Å². The van der Waals surface area contributed by atoms with E-state index in [1.807, 2.05) is 46.2 Å². The summed E-state index contributed by atoms with van der Waals surface area (Å²) in [7, 11) is 0. The Bertz CT molecular complexity index is 837. The number of hydrogen-bond acceptors (Lipinski definition) is 4. The number of likely N-dealkylation sites (tertiary alicyclic amines) is 1. The van der Waals surface area contributed by atoms with Crippen LogP contribution >= 0.6 is 15.9 Å². The number of nitrogens with zero attached hydrogens (tertiary/aromatic N) is 3. The first-order chi connectivity index (χ1) is 13.1. The molecular formula is C20H20BrN3O3. The molecule has 27 heavy (non-hydrogen) atoms. The number of halogens is 1. The van der Waals surface area contributed by atoms with E-state index >= 15 is 0 Å². The van der Waals surface area contributed by atoms with E-state index in [9.17, 15) is 9.59 Å². The number of aromatic nitrogens is 1. The Morgan fingerprint density at radius 1 is 1.07 bits per heavy atom. The first-order valence-electron chi connectivity index (χ1n) is 9.05. The Labute approximate surface area is 166 Å². The minimum Gasteiger partial charge on any atom is -0.447 e. The normalized spacial score (nSPS) is 20.6. The smallest absolute Gasteiger partial charge is 0.410 e. The quantitative estimate of drug-likeness (QED) is 0.698. The molecule has 1 atom stereocenters. The Hall–Kier alpha value is -2.41. The van der Waals surface area contributed by atoms with Crippen LogP contribution in [0.25, 0.3) is 0 Å². The topological polar surface area (TPSA) is 62.7 Å². The summed E-state index contributed by atoms with van der Waals surface area (Å²) in [6.45, 7) is 1.58. The number of piperidine rings is 1. The summed E-state index contributed by atoms with van der Waals surface area (Å²) in [5, 5.41) is 0. The van der Waals surface area contributed by atoms with Gasteiger partial charge < -0.3 is 9.64 Å². The van der Waals surface area contributed by atoms with E-state index in [0.717, 1.165) is 18.4 Å². The van der Waals surface area contributed by atoms with E-state index in [0.29, 0.717) is 30.0 Å². The maximum Gasteiger partial charge on any atom is 0.410 e. The van der Waals surface area contributed by atoms with E-state index in [-0.39, 0.29) is 24.1 Å². The summed E-state index contributed by atoms with van der Waals surface area (Å²) in [6.07, 6.45) is 1.21. The van der Waals surface area contributed by atoms with E-state index in [1.165, 1.54) is 0 Å².